The number of rotatable bonds is 4. The van der Waals surface area contributed by atoms with Gasteiger partial charge >= 0.3 is 5.97 Å². The molecule has 0 aliphatic rings. The van der Waals surface area contributed by atoms with Crippen LogP contribution < -0.4 is 10.1 Å². The summed E-state index contributed by atoms with van der Waals surface area (Å²) < 4.78 is 6.67. The number of pyridine rings is 1. The van der Waals surface area contributed by atoms with E-state index in [4.69, 9.17) is 9.72 Å². The molecule has 1 amide bonds. The highest BCUT2D eigenvalue weighted by molar-refractivity contribution is 6.04. The molecule has 0 bridgehead atoms. The zero-order chi connectivity index (χ0) is 21.3. The van der Waals surface area contributed by atoms with E-state index in [9.17, 15) is 9.59 Å². The highest BCUT2D eigenvalue weighted by atomic mass is 16.5. The summed E-state index contributed by atoms with van der Waals surface area (Å²) in [6, 6.07) is 18.0. The maximum absolute atomic E-state index is 12.8. The second-order valence-electron chi connectivity index (χ2n) is 6.97. The minimum absolute atomic E-state index is 0.312. The van der Waals surface area contributed by atoms with E-state index < -0.39 is 5.97 Å². The van der Waals surface area contributed by atoms with Crippen molar-refractivity contribution in [3.63, 3.8) is 0 Å². The van der Waals surface area contributed by atoms with Gasteiger partial charge in [0, 0.05) is 23.9 Å². The SMILES string of the molecule is CC(=O)Oc1cccc(C(=O)Nc2cc(C)nn2-c2cc(C)c3ccccc3n2)c1. The Morgan fingerprint density at radius 2 is 1.80 bits per heavy atom. The Kier molecular flexibility index (Phi) is 5.02. The Morgan fingerprint density at radius 3 is 2.60 bits per heavy atom. The summed E-state index contributed by atoms with van der Waals surface area (Å²) in [7, 11) is 0. The molecule has 0 spiro atoms. The van der Waals surface area contributed by atoms with Gasteiger partial charge in [0.15, 0.2) is 5.82 Å². The third-order valence-corrected chi connectivity index (χ3v) is 4.56. The molecule has 0 aliphatic heterocycles. The number of carbonyl (C=O) groups is 2. The molecule has 0 fully saturated rings. The van der Waals surface area contributed by atoms with E-state index in [1.165, 1.54) is 13.0 Å². The molecular formula is C23H20N4O3. The number of hydrogen-bond donors (Lipinski definition) is 1. The first-order valence-corrected chi connectivity index (χ1v) is 9.44. The summed E-state index contributed by atoms with van der Waals surface area (Å²) >= 11 is 0. The monoisotopic (exact) mass is 400 g/mol. The van der Waals surface area contributed by atoms with Crippen LogP contribution in [0.25, 0.3) is 16.7 Å². The molecule has 7 heteroatoms. The summed E-state index contributed by atoms with van der Waals surface area (Å²) in [5.41, 5.74) is 3.02. The molecule has 0 saturated heterocycles. The predicted molar refractivity (Wildman–Crippen MR) is 114 cm³/mol. The second kappa shape index (κ2) is 7.79. The molecule has 1 N–H and O–H groups in total. The van der Waals surface area contributed by atoms with Crippen LogP contribution in [-0.2, 0) is 4.79 Å². The summed E-state index contributed by atoms with van der Waals surface area (Å²) in [6.07, 6.45) is 0. The van der Waals surface area contributed by atoms with E-state index in [1.54, 1.807) is 28.9 Å². The number of aryl methyl sites for hydroxylation is 2. The molecular weight excluding hydrogens is 380 g/mol. The van der Waals surface area contributed by atoms with Crippen molar-refractivity contribution in [3.8, 4) is 11.6 Å². The molecule has 0 aliphatic carbocycles. The largest absolute Gasteiger partial charge is 0.427 e. The van der Waals surface area contributed by atoms with Crippen LogP contribution in [0.2, 0.25) is 0 Å². The van der Waals surface area contributed by atoms with Crippen LogP contribution in [-0.4, -0.2) is 26.6 Å². The second-order valence-corrected chi connectivity index (χ2v) is 6.97. The maximum atomic E-state index is 12.8. The first-order valence-electron chi connectivity index (χ1n) is 9.44. The number of nitrogens with one attached hydrogen (secondary N) is 1. The standard InChI is InChI=1S/C23H20N4O3/c1-14-11-21(24-20-10-5-4-9-19(14)20)27-22(12-15(2)26-27)25-23(29)17-7-6-8-18(13-17)30-16(3)28/h4-13H,1-3H3,(H,25,29). The van der Waals surface area contributed by atoms with E-state index in [-0.39, 0.29) is 5.91 Å². The average Bonchev–Trinajstić information content (AvgIpc) is 3.07. The van der Waals surface area contributed by atoms with Crippen LogP contribution in [0, 0.1) is 13.8 Å². The van der Waals surface area contributed by atoms with E-state index in [1.807, 2.05) is 44.2 Å². The molecule has 4 aromatic rings. The lowest BCUT2D eigenvalue weighted by Gasteiger charge is -2.11. The third-order valence-electron chi connectivity index (χ3n) is 4.56. The molecule has 0 atom stereocenters. The lowest BCUT2D eigenvalue weighted by Crippen LogP contribution is -2.16. The van der Waals surface area contributed by atoms with Gasteiger partial charge in [-0.1, -0.05) is 24.3 Å². The fraction of sp³-hybridized carbons (Fsp3) is 0.130. The fourth-order valence-corrected chi connectivity index (χ4v) is 3.26. The van der Waals surface area contributed by atoms with E-state index in [0.29, 0.717) is 22.9 Å². The van der Waals surface area contributed by atoms with E-state index >= 15 is 0 Å². The lowest BCUT2D eigenvalue weighted by atomic mass is 10.1. The Morgan fingerprint density at radius 1 is 1.00 bits per heavy atom. The van der Waals surface area contributed by atoms with E-state index in [2.05, 4.69) is 10.4 Å². The van der Waals surface area contributed by atoms with Crippen LogP contribution in [0.15, 0.2) is 60.7 Å². The van der Waals surface area contributed by atoms with Crippen molar-refractivity contribution >= 4 is 28.6 Å². The summed E-state index contributed by atoms with van der Waals surface area (Å²) in [5, 5.41) is 8.45. The molecule has 7 nitrogen and oxygen atoms in total. The molecule has 0 saturated carbocycles. The number of anilines is 1. The van der Waals surface area contributed by atoms with Gasteiger partial charge in [0.2, 0.25) is 0 Å². The zero-order valence-electron chi connectivity index (χ0n) is 16.8. The number of benzene rings is 2. The Labute approximate surface area is 173 Å². The average molecular weight is 400 g/mol. The van der Waals surface area contributed by atoms with Gasteiger partial charge in [-0.2, -0.15) is 9.78 Å². The molecule has 4 rings (SSSR count). The van der Waals surface area contributed by atoms with Gasteiger partial charge in [-0.15, -0.1) is 0 Å². The molecule has 2 heterocycles. The van der Waals surface area contributed by atoms with Crippen LogP contribution in [0.1, 0.15) is 28.5 Å². The minimum atomic E-state index is -0.445. The first kappa shape index (κ1) is 19.3. The number of amides is 1. The van der Waals surface area contributed by atoms with Gasteiger partial charge < -0.3 is 10.1 Å². The number of esters is 1. The highest BCUT2D eigenvalue weighted by Gasteiger charge is 2.15. The topological polar surface area (TPSA) is 86.1 Å². The van der Waals surface area contributed by atoms with E-state index in [0.717, 1.165) is 22.2 Å². The molecule has 150 valence electrons. The first-order chi connectivity index (χ1) is 14.4. The Balaban J connectivity index is 1.68. The van der Waals surface area contributed by atoms with Crippen molar-refractivity contribution in [2.75, 3.05) is 5.32 Å². The lowest BCUT2D eigenvalue weighted by molar-refractivity contribution is -0.131. The zero-order valence-corrected chi connectivity index (χ0v) is 16.8. The number of carbonyl (C=O) groups excluding carboxylic acids is 2. The van der Waals surface area contributed by atoms with Crippen molar-refractivity contribution in [3.05, 3.63) is 77.5 Å². The predicted octanol–water partition coefficient (Wildman–Crippen LogP) is 4.21. The van der Waals surface area contributed by atoms with Crippen LogP contribution >= 0.6 is 0 Å². The molecule has 2 aromatic heterocycles. The molecule has 0 radical (unpaired) electrons. The van der Waals surface area contributed by atoms with Gasteiger partial charge in [0.1, 0.15) is 11.6 Å². The number of aromatic nitrogens is 3. The van der Waals surface area contributed by atoms with Crippen molar-refractivity contribution < 1.29 is 14.3 Å². The molecule has 30 heavy (non-hydrogen) atoms. The van der Waals surface area contributed by atoms with Crippen molar-refractivity contribution in [2.45, 2.75) is 20.8 Å². The summed E-state index contributed by atoms with van der Waals surface area (Å²) in [6.45, 7) is 5.18. The smallest absolute Gasteiger partial charge is 0.308 e. The van der Waals surface area contributed by atoms with Crippen LogP contribution in [0.4, 0.5) is 5.82 Å². The minimum Gasteiger partial charge on any atom is -0.427 e. The van der Waals surface area contributed by atoms with Gasteiger partial charge in [-0.3, -0.25) is 9.59 Å². The van der Waals surface area contributed by atoms with Crippen LogP contribution in [0.3, 0.4) is 0 Å². The van der Waals surface area contributed by atoms with Gasteiger partial charge in [0.25, 0.3) is 5.91 Å². The number of ether oxygens (including phenoxy) is 1. The molecule has 0 unspecified atom stereocenters. The normalized spacial score (nSPS) is 10.8. The van der Waals surface area contributed by atoms with Crippen molar-refractivity contribution in [2.24, 2.45) is 0 Å². The quantitative estimate of drug-likeness (QED) is 0.410. The number of para-hydroxylation sites is 1. The summed E-state index contributed by atoms with van der Waals surface area (Å²) in [5.74, 6) is 0.633. The third kappa shape index (κ3) is 3.91. The Hall–Kier alpha value is -4.00. The maximum Gasteiger partial charge on any atom is 0.308 e. The van der Waals surface area contributed by atoms with Gasteiger partial charge in [0.05, 0.1) is 11.2 Å². The number of nitrogens with zero attached hydrogens (tertiary/aromatic N) is 3. The highest BCUT2D eigenvalue weighted by Crippen LogP contribution is 2.23. The fourth-order valence-electron chi connectivity index (χ4n) is 3.26. The summed E-state index contributed by atoms with van der Waals surface area (Å²) in [4.78, 5) is 28.7. The molecule has 2 aromatic carbocycles. The van der Waals surface area contributed by atoms with Gasteiger partial charge in [-0.05, 0) is 49.7 Å². The van der Waals surface area contributed by atoms with Gasteiger partial charge in [-0.25, -0.2) is 4.98 Å². The Bertz CT molecular complexity index is 1280. The van der Waals surface area contributed by atoms with Crippen LogP contribution in [0.5, 0.6) is 5.75 Å². The number of hydrogen-bond acceptors (Lipinski definition) is 5. The van der Waals surface area contributed by atoms with Crippen molar-refractivity contribution in [1.29, 1.82) is 0 Å². The van der Waals surface area contributed by atoms with Crippen molar-refractivity contribution in [1.82, 2.24) is 14.8 Å². The number of fused-ring (bicyclic) bond motifs is 1.